The lowest BCUT2D eigenvalue weighted by Gasteiger charge is -2.09. The predicted molar refractivity (Wildman–Crippen MR) is 71.8 cm³/mol. The Morgan fingerprint density at radius 2 is 1.90 bits per heavy atom. The minimum atomic E-state index is -4.08. The van der Waals surface area contributed by atoms with Crippen LogP contribution in [0.3, 0.4) is 0 Å². The van der Waals surface area contributed by atoms with E-state index in [-0.39, 0.29) is 23.5 Å². The minimum Gasteiger partial charge on any atom is -0.297 e. The van der Waals surface area contributed by atoms with Crippen molar-refractivity contribution in [3.63, 3.8) is 0 Å². The van der Waals surface area contributed by atoms with Crippen molar-refractivity contribution in [2.45, 2.75) is 32.0 Å². The molecule has 21 heavy (non-hydrogen) atoms. The fraction of sp³-hybridized carbons (Fsp3) is 0.333. The van der Waals surface area contributed by atoms with Gasteiger partial charge in [-0.05, 0) is 25.0 Å². The van der Waals surface area contributed by atoms with Crippen LogP contribution in [0, 0.1) is 18.6 Å². The van der Waals surface area contributed by atoms with Crippen LogP contribution >= 0.6 is 0 Å². The fourth-order valence-electron chi connectivity index (χ4n) is 1.95. The molecule has 1 aromatic heterocycles. The van der Waals surface area contributed by atoms with Gasteiger partial charge in [-0.25, -0.2) is 22.3 Å². The van der Waals surface area contributed by atoms with Crippen LogP contribution in [-0.2, 0) is 16.6 Å². The van der Waals surface area contributed by atoms with E-state index in [9.17, 15) is 17.2 Å². The molecule has 1 aromatic carbocycles. The highest BCUT2D eigenvalue weighted by Gasteiger charge is 2.23. The molecule has 2 aromatic rings. The molecule has 114 valence electrons. The number of aromatic nitrogens is 3. The van der Waals surface area contributed by atoms with Crippen LogP contribution in [0.25, 0.3) is 11.4 Å². The number of nitrogens with two attached hydrogens (primary N) is 1. The van der Waals surface area contributed by atoms with Gasteiger partial charge in [0, 0.05) is 12.6 Å². The highest BCUT2D eigenvalue weighted by molar-refractivity contribution is 7.89. The van der Waals surface area contributed by atoms with Crippen molar-refractivity contribution in [3.05, 3.63) is 29.3 Å². The fourth-order valence-corrected chi connectivity index (χ4v) is 2.59. The highest BCUT2D eigenvalue weighted by Crippen LogP contribution is 2.26. The number of rotatable bonds is 4. The van der Waals surface area contributed by atoms with Gasteiger partial charge in [0.1, 0.15) is 11.6 Å². The number of primary sulfonamides is 1. The average Bonchev–Trinajstić information content (AvgIpc) is 2.78. The maximum absolute atomic E-state index is 13.9. The van der Waals surface area contributed by atoms with Crippen LogP contribution in [0.4, 0.5) is 8.78 Å². The number of sulfonamides is 1. The summed E-state index contributed by atoms with van der Waals surface area (Å²) < 4.78 is 51.4. The molecule has 0 aliphatic carbocycles. The molecule has 0 saturated carbocycles. The van der Waals surface area contributed by atoms with Crippen molar-refractivity contribution >= 4 is 10.0 Å². The molecule has 6 nitrogen and oxygen atoms in total. The van der Waals surface area contributed by atoms with Crippen LogP contribution in [0.15, 0.2) is 17.3 Å². The summed E-state index contributed by atoms with van der Waals surface area (Å²) in [5.74, 6) is -1.53. The second kappa shape index (κ2) is 5.49. The molecule has 0 bridgehead atoms. The molecule has 9 heteroatoms. The van der Waals surface area contributed by atoms with E-state index < -0.39 is 26.8 Å². The number of hydrogen-bond acceptors (Lipinski definition) is 4. The third kappa shape index (κ3) is 2.93. The molecule has 1 heterocycles. The third-order valence-electron chi connectivity index (χ3n) is 2.91. The van der Waals surface area contributed by atoms with E-state index in [1.807, 2.05) is 6.92 Å². The van der Waals surface area contributed by atoms with E-state index in [0.29, 0.717) is 6.42 Å². The van der Waals surface area contributed by atoms with Crippen molar-refractivity contribution < 1.29 is 17.2 Å². The third-order valence-corrected chi connectivity index (χ3v) is 3.72. The van der Waals surface area contributed by atoms with Crippen molar-refractivity contribution in [2.75, 3.05) is 0 Å². The molecule has 2 N–H and O–H groups in total. The lowest BCUT2D eigenvalue weighted by Crippen LogP contribution is -2.19. The molecular weight excluding hydrogens is 302 g/mol. The summed E-state index contributed by atoms with van der Waals surface area (Å²) in [6.45, 7) is 3.52. The van der Waals surface area contributed by atoms with Gasteiger partial charge in [-0.3, -0.25) is 4.57 Å². The zero-order chi connectivity index (χ0) is 15.8. The first-order valence-corrected chi connectivity index (χ1v) is 7.72. The summed E-state index contributed by atoms with van der Waals surface area (Å²) >= 11 is 0. The van der Waals surface area contributed by atoms with Crippen molar-refractivity contribution in [1.29, 1.82) is 0 Å². The topological polar surface area (TPSA) is 90.9 Å². The Labute approximate surface area is 120 Å². The second-order valence-corrected chi connectivity index (χ2v) is 6.04. The number of hydrogen-bond donors (Lipinski definition) is 1. The maximum atomic E-state index is 13.9. The Kier molecular flexibility index (Phi) is 4.06. The molecule has 0 aliphatic rings. The van der Waals surface area contributed by atoms with E-state index >= 15 is 0 Å². The zero-order valence-electron chi connectivity index (χ0n) is 11.5. The Balaban J connectivity index is 2.70. The minimum absolute atomic E-state index is 0.00137. The summed E-state index contributed by atoms with van der Waals surface area (Å²) in [5.41, 5.74) is 0.194. The van der Waals surface area contributed by atoms with Crippen LogP contribution in [0.2, 0.25) is 0 Å². The lowest BCUT2D eigenvalue weighted by molar-refractivity contribution is 0.556. The van der Waals surface area contributed by atoms with E-state index in [0.717, 1.165) is 6.07 Å². The summed E-state index contributed by atoms with van der Waals surface area (Å²) in [4.78, 5) is 0. The summed E-state index contributed by atoms with van der Waals surface area (Å²) in [6.07, 6.45) is 0.565. The van der Waals surface area contributed by atoms with E-state index in [1.54, 1.807) is 0 Å². The second-order valence-electron chi connectivity index (χ2n) is 4.58. The first kappa shape index (κ1) is 15.5. The number of halogens is 2. The van der Waals surface area contributed by atoms with Crippen molar-refractivity contribution in [2.24, 2.45) is 5.14 Å². The Hall–Kier alpha value is -1.87. The van der Waals surface area contributed by atoms with Gasteiger partial charge >= 0.3 is 0 Å². The lowest BCUT2D eigenvalue weighted by atomic mass is 10.1. The van der Waals surface area contributed by atoms with Gasteiger partial charge in [0.25, 0.3) is 15.2 Å². The average molecular weight is 316 g/mol. The number of benzene rings is 1. The molecule has 0 saturated heterocycles. The van der Waals surface area contributed by atoms with Gasteiger partial charge < -0.3 is 0 Å². The van der Waals surface area contributed by atoms with E-state index in [2.05, 4.69) is 10.2 Å². The Morgan fingerprint density at radius 3 is 2.48 bits per heavy atom. The normalized spacial score (nSPS) is 11.9. The molecule has 0 radical (unpaired) electrons. The number of nitrogens with zero attached hydrogens (tertiary/aromatic N) is 3. The maximum Gasteiger partial charge on any atom is 0.273 e. The van der Waals surface area contributed by atoms with Crippen molar-refractivity contribution in [1.82, 2.24) is 14.8 Å². The van der Waals surface area contributed by atoms with Gasteiger partial charge in [-0.1, -0.05) is 6.92 Å². The number of aryl methyl sites for hydroxylation is 1. The molecule has 0 amide bonds. The molecule has 0 unspecified atom stereocenters. The highest BCUT2D eigenvalue weighted by atomic mass is 32.2. The van der Waals surface area contributed by atoms with Crippen LogP contribution in [0.5, 0.6) is 0 Å². The SMILES string of the molecule is CCCn1c(-c2cc(C)c(F)cc2F)nnc1S(N)(=O)=O. The Bertz CT molecular complexity index is 787. The van der Waals surface area contributed by atoms with E-state index in [4.69, 9.17) is 5.14 Å². The largest absolute Gasteiger partial charge is 0.297 e. The van der Waals surface area contributed by atoms with Gasteiger partial charge in [0.15, 0.2) is 5.82 Å². The van der Waals surface area contributed by atoms with Crippen molar-refractivity contribution in [3.8, 4) is 11.4 Å². The molecule has 2 rings (SSSR count). The Morgan fingerprint density at radius 1 is 1.24 bits per heavy atom. The molecule has 0 aliphatic heterocycles. The van der Waals surface area contributed by atoms with Crippen LogP contribution in [0.1, 0.15) is 18.9 Å². The summed E-state index contributed by atoms with van der Waals surface area (Å²) in [6, 6.07) is 1.99. The predicted octanol–water partition coefficient (Wildman–Crippen LogP) is 1.59. The van der Waals surface area contributed by atoms with Gasteiger partial charge in [-0.2, -0.15) is 0 Å². The first-order valence-electron chi connectivity index (χ1n) is 6.17. The molecular formula is C12H14F2N4O2S. The standard InChI is InChI=1S/C12H14F2N4O2S/c1-3-4-18-11(16-17-12(18)21(15,19)20)8-5-7(2)9(13)6-10(8)14/h5-6H,3-4H2,1-2H3,(H2,15,19,20). The summed E-state index contributed by atoms with van der Waals surface area (Å²) in [5, 5.41) is 11.8. The molecule has 0 spiro atoms. The van der Waals surface area contributed by atoms with E-state index in [1.165, 1.54) is 17.6 Å². The molecule has 0 atom stereocenters. The van der Waals surface area contributed by atoms with Gasteiger partial charge in [0.2, 0.25) is 0 Å². The van der Waals surface area contributed by atoms with Crippen LogP contribution < -0.4 is 5.14 Å². The monoisotopic (exact) mass is 316 g/mol. The van der Waals surface area contributed by atoms with Gasteiger partial charge in [0.05, 0.1) is 5.56 Å². The summed E-state index contributed by atoms with van der Waals surface area (Å²) in [7, 11) is -4.08. The first-order chi connectivity index (χ1) is 9.75. The zero-order valence-corrected chi connectivity index (χ0v) is 12.3. The smallest absolute Gasteiger partial charge is 0.273 e. The molecule has 0 fully saturated rings. The van der Waals surface area contributed by atoms with Crippen LogP contribution in [-0.4, -0.2) is 23.2 Å². The van der Waals surface area contributed by atoms with Gasteiger partial charge in [-0.15, -0.1) is 10.2 Å². The quantitative estimate of drug-likeness (QED) is 0.927.